The number of hydrogen-bond acceptors (Lipinski definition) is 4. The van der Waals surface area contributed by atoms with E-state index in [0.29, 0.717) is 16.4 Å². The number of nitrogens with zero attached hydrogens (tertiary/aromatic N) is 2. The highest BCUT2D eigenvalue weighted by atomic mass is 35.5. The van der Waals surface area contributed by atoms with Crippen LogP contribution < -0.4 is 9.62 Å². The molecular weight excluding hydrogens is 491 g/mol. The van der Waals surface area contributed by atoms with E-state index in [1.54, 1.807) is 6.07 Å². The zero-order valence-electron chi connectivity index (χ0n) is 18.1. The van der Waals surface area contributed by atoms with E-state index in [2.05, 4.69) is 19.8 Å². The molecule has 9 heteroatoms. The van der Waals surface area contributed by atoms with Gasteiger partial charge in [0.05, 0.1) is 27.6 Å². The first-order valence-electron chi connectivity index (χ1n) is 10.9. The predicted octanol–water partition coefficient (Wildman–Crippen LogP) is 6.44. The van der Waals surface area contributed by atoms with Crippen molar-refractivity contribution in [1.82, 2.24) is 10.2 Å². The lowest BCUT2D eigenvalue weighted by Gasteiger charge is -2.22. The minimum atomic E-state index is -3.98. The Morgan fingerprint density at radius 3 is 2.50 bits per heavy atom. The summed E-state index contributed by atoms with van der Waals surface area (Å²) in [7, 11) is -3.98. The van der Waals surface area contributed by atoms with Gasteiger partial charge in [0, 0.05) is 23.5 Å². The molecule has 3 aromatic carbocycles. The second-order valence-electron chi connectivity index (χ2n) is 8.14. The summed E-state index contributed by atoms with van der Waals surface area (Å²) in [4.78, 5) is 2.11. The Morgan fingerprint density at radius 2 is 1.74 bits per heavy atom. The van der Waals surface area contributed by atoms with Gasteiger partial charge in [-0.3, -0.25) is 9.82 Å². The van der Waals surface area contributed by atoms with Gasteiger partial charge in [-0.2, -0.15) is 5.10 Å². The summed E-state index contributed by atoms with van der Waals surface area (Å²) < 4.78 is 29.4. The molecule has 4 aromatic rings. The van der Waals surface area contributed by atoms with Gasteiger partial charge in [-0.1, -0.05) is 59.6 Å². The molecule has 0 radical (unpaired) electrons. The molecule has 0 atom stereocenters. The minimum absolute atomic E-state index is 0.0643. The van der Waals surface area contributed by atoms with Gasteiger partial charge in [0.1, 0.15) is 4.90 Å². The summed E-state index contributed by atoms with van der Waals surface area (Å²) in [6, 6.07) is 18.1. The Kier molecular flexibility index (Phi) is 6.25. The van der Waals surface area contributed by atoms with Crippen molar-refractivity contribution in [1.29, 1.82) is 0 Å². The van der Waals surface area contributed by atoms with Gasteiger partial charge in [0.2, 0.25) is 0 Å². The van der Waals surface area contributed by atoms with Crippen molar-refractivity contribution in [2.45, 2.75) is 17.7 Å². The van der Waals surface area contributed by atoms with Crippen molar-refractivity contribution in [3.63, 3.8) is 0 Å². The van der Waals surface area contributed by atoms with Crippen LogP contribution in [0.25, 0.3) is 23.1 Å². The van der Waals surface area contributed by atoms with Crippen LogP contribution in [0.1, 0.15) is 24.1 Å². The quantitative estimate of drug-likeness (QED) is 0.311. The first kappa shape index (κ1) is 22.8. The number of benzene rings is 3. The van der Waals surface area contributed by atoms with Crippen LogP contribution in [-0.4, -0.2) is 31.7 Å². The number of nitrogens with one attached hydrogen (secondary N) is 2. The fourth-order valence-corrected chi connectivity index (χ4v) is 5.95. The van der Waals surface area contributed by atoms with Crippen molar-refractivity contribution in [3.05, 3.63) is 82.0 Å². The molecular formula is C25H22Cl2N4O2S. The number of anilines is 2. The highest BCUT2D eigenvalue weighted by Crippen LogP contribution is 2.36. The predicted molar refractivity (Wildman–Crippen MR) is 140 cm³/mol. The number of halogens is 2. The highest BCUT2D eigenvalue weighted by Gasteiger charge is 2.24. The number of rotatable bonds is 6. The van der Waals surface area contributed by atoms with Gasteiger partial charge in [-0.15, -0.1) is 0 Å². The second-order valence-corrected chi connectivity index (χ2v) is 10.6. The molecule has 1 aromatic heterocycles. The van der Waals surface area contributed by atoms with Crippen LogP contribution in [0.5, 0.6) is 0 Å². The molecule has 1 fully saturated rings. The van der Waals surface area contributed by atoms with Crippen molar-refractivity contribution in [2.24, 2.45) is 0 Å². The van der Waals surface area contributed by atoms with Crippen molar-refractivity contribution >= 4 is 67.7 Å². The normalized spacial score (nSPS) is 14.4. The molecule has 2 heterocycles. The van der Waals surface area contributed by atoms with Gasteiger partial charge in [0.15, 0.2) is 0 Å². The van der Waals surface area contributed by atoms with Gasteiger partial charge in [-0.05, 0) is 54.8 Å². The minimum Gasteiger partial charge on any atom is -0.370 e. The summed E-state index contributed by atoms with van der Waals surface area (Å²) in [5, 5.41) is 8.75. The summed E-state index contributed by atoms with van der Waals surface area (Å²) in [6.45, 7) is 1.71. The topological polar surface area (TPSA) is 78.1 Å². The molecule has 0 bridgehead atoms. The average Bonchev–Trinajstić information content (AvgIpc) is 3.49. The number of aromatic amines is 1. The molecule has 0 spiro atoms. The van der Waals surface area contributed by atoms with Crippen LogP contribution in [0.3, 0.4) is 0 Å². The van der Waals surface area contributed by atoms with Crippen molar-refractivity contribution in [2.75, 3.05) is 22.7 Å². The van der Waals surface area contributed by atoms with Gasteiger partial charge < -0.3 is 4.90 Å². The number of aromatic nitrogens is 2. The second kappa shape index (κ2) is 9.33. The zero-order valence-corrected chi connectivity index (χ0v) is 20.5. The zero-order chi connectivity index (χ0) is 23.7. The Bertz CT molecular complexity index is 1480. The lowest BCUT2D eigenvalue weighted by Crippen LogP contribution is -2.21. The molecule has 0 amide bonds. The van der Waals surface area contributed by atoms with Crippen LogP contribution in [0, 0.1) is 0 Å². The average molecular weight is 513 g/mol. The maximum atomic E-state index is 13.3. The maximum Gasteiger partial charge on any atom is 0.263 e. The van der Waals surface area contributed by atoms with E-state index in [0.717, 1.165) is 48.1 Å². The van der Waals surface area contributed by atoms with Crippen LogP contribution in [0.2, 0.25) is 10.0 Å². The lowest BCUT2D eigenvalue weighted by atomic mass is 10.1. The summed E-state index contributed by atoms with van der Waals surface area (Å²) >= 11 is 12.3. The number of fused-ring (bicyclic) bond motifs is 1. The van der Waals surface area contributed by atoms with E-state index in [1.807, 2.05) is 54.6 Å². The fourth-order valence-electron chi connectivity index (χ4n) is 4.12. The van der Waals surface area contributed by atoms with Crippen LogP contribution in [0.4, 0.5) is 11.4 Å². The van der Waals surface area contributed by atoms with E-state index < -0.39 is 10.0 Å². The molecule has 174 valence electrons. The van der Waals surface area contributed by atoms with Crippen molar-refractivity contribution in [3.8, 4) is 0 Å². The maximum absolute atomic E-state index is 13.3. The van der Waals surface area contributed by atoms with E-state index >= 15 is 0 Å². The molecule has 1 saturated heterocycles. The Balaban J connectivity index is 1.59. The number of hydrogen-bond donors (Lipinski definition) is 2. The van der Waals surface area contributed by atoms with Gasteiger partial charge in [0.25, 0.3) is 10.0 Å². The molecule has 0 saturated carbocycles. The van der Waals surface area contributed by atoms with Crippen LogP contribution >= 0.6 is 23.2 Å². The molecule has 2 N–H and O–H groups in total. The number of H-pyrrole nitrogens is 1. The van der Waals surface area contributed by atoms with Crippen molar-refractivity contribution < 1.29 is 8.42 Å². The Morgan fingerprint density at radius 1 is 0.971 bits per heavy atom. The van der Waals surface area contributed by atoms with Gasteiger partial charge >= 0.3 is 0 Å². The Labute approximate surface area is 208 Å². The first-order valence-corrected chi connectivity index (χ1v) is 13.1. The molecule has 5 rings (SSSR count). The largest absolute Gasteiger partial charge is 0.370 e. The van der Waals surface area contributed by atoms with E-state index in [1.165, 1.54) is 12.1 Å². The fraction of sp³-hybridized carbons (Fsp3) is 0.160. The third-order valence-corrected chi connectivity index (χ3v) is 7.90. The molecule has 0 unspecified atom stereocenters. The summed E-state index contributed by atoms with van der Waals surface area (Å²) in [5.41, 5.74) is 3.87. The third kappa shape index (κ3) is 4.64. The molecule has 1 aliphatic rings. The summed E-state index contributed by atoms with van der Waals surface area (Å²) in [6.07, 6.45) is 5.99. The molecule has 0 aliphatic carbocycles. The summed E-state index contributed by atoms with van der Waals surface area (Å²) in [5.74, 6) is 0. The monoisotopic (exact) mass is 512 g/mol. The third-order valence-electron chi connectivity index (χ3n) is 5.82. The standard InChI is InChI=1S/C25H22Cl2N4O2S/c26-18-9-10-20(27)25(14-18)34(32,33)30-23-15-19-21(11-8-17-6-2-1-3-7-17)28-29-22(19)16-24(23)31-12-4-5-13-31/h1-3,6-11,14-16,30H,4-5,12-13H2,(H,28,29)/b11-8+. The SMILES string of the molecule is O=S(=O)(Nc1cc2c(/C=C/c3ccccc3)n[nH]c2cc1N1CCCC1)c1cc(Cl)ccc1Cl. The Hall–Kier alpha value is -3.00. The highest BCUT2D eigenvalue weighted by molar-refractivity contribution is 7.92. The molecule has 1 aliphatic heterocycles. The number of sulfonamides is 1. The van der Waals surface area contributed by atoms with E-state index in [-0.39, 0.29) is 9.92 Å². The van der Waals surface area contributed by atoms with E-state index in [9.17, 15) is 8.42 Å². The lowest BCUT2D eigenvalue weighted by molar-refractivity contribution is 0.601. The van der Waals surface area contributed by atoms with Crippen LogP contribution in [0.15, 0.2) is 65.6 Å². The van der Waals surface area contributed by atoms with E-state index in [4.69, 9.17) is 23.2 Å². The van der Waals surface area contributed by atoms with Gasteiger partial charge in [-0.25, -0.2) is 8.42 Å². The molecule has 34 heavy (non-hydrogen) atoms. The first-order chi connectivity index (χ1) is 16.4. The van der Waals surface area contributed by atoms with Crippen LogP contribution in [-0.2, 0) is 10.0 Å². The molecule has 6 nitrogen and oxygen atoms in total. The smallest absolute Gasteiger partial charge is 0.263 e.